The van der Waals surface area contributed by atoms with Crippen LogP contribution in [0.25, 0.3) is 0 Å². The second kappa shape index (κ2) is 4.52. The fraction of sp³-hybridized carbons (Fsp3) is 0.857. The predicted molar refractivity (Wildman–Crippen MR) is 48.9 cm³/mol. The van der Waals surface area contributed by atoms with E-state index in [-0.39, 0.29) is 17.9 Å². The highest BCUT2D eigenvalue weighted by Crippen LogP contribution is 2.16. The first kappa shape index (κ1) is 11.5. The van der Waals surface area contributed by atoms with Crippen molar-refractivity contribution in [2.45, 2.75) is 25.3 Å². The number of piperidine rings is 1. The maximum Gasteiger partial charge on any atom is 0.405 e. The minimum atomic E-state index is -0.922. The van der Waals surface area contributed by atoms with Gasteiger partial charge in [-0.3, -0.25) is 0 Å². The number of amides is 1. The second-order valence-corrected chi connectivity index (χ2v) is 3.24. The molecule has 0 aromatic rings. The van der Waals surface area contributed by atoms with E-state index in [0.717, 1.165) is 25.9 Å². The molecule has 0 aromatic heterocycles. The number of rotatable bonds is 1. The summed E-state index contributed by atoms with van der Waals surface area (Å²) in [5.74, 6) is 0. The van der Waals surface area contributed by atoms with Gasteiger partial charge < -0.3 is 15.7 Å². The summed E-state index contributed by atoms with van der Waals surface area (Å²) >= 11 is 0. The van der Waals surface area contributed by atoms with E-state index in [1.807, 2.05) is 6.92 Å². The average molecular weight is 195 g/mol. The molecule has 5 heteroatoms. The number of hydrogen-bond donors (Lipinski definition) is 3. The molecule has 72 valence electrons. The molecule has 1 fully saturated rings. The molecule has 1 saturated heterocycles. The largest absolute Gasteiger partial charge is 0.465 e. The molecule has 0 unspecified atom stereocenters. The zero-order valence-corrected chi connectivity index (χ0v) is 7.91. The monoisotopic (exact) mass is 194 g/mol. The number of hydrogen-bond acceptors (Lipinski definition) is 2. The lowest BCUT2D eigenvalue weighted by Crippen LogP contribution is -2.51. The predicted octanol–water partition coefficient (Wildman–Crippen LogP) is 0.818. The van der Waals surface area contributed by atoms with Crippen LogP contribution in [0.15, 0.2) is 0 Å². The Morgan fingerprint density at radius 1 is 1.50 bits per heavy atom. The van der Waals surface area contributed by atoms with Crippen LogP contribution in [0.1, 0.15) is 19.8 Å². The van der Waals surface area contributed by atoms with Crippen molar-refractivity contribution in [3.8, 4) is 0 Å². The topological polar surface area (TPSA) is 61.4 Å². The molecular formula is C7H15ClN2O2. The quantitative estimate of drug-likeness (QED) is 0.579. The van der Waals surface area contributed by atoms with Gasteiger partial charge in [0.1, 0.15) is 0 Å². The third kappa shape index (κ3) is 3.28. The Morgan fingerprint density at radius 3 is 2.42 bits per heavy atom. The lowest BCUT2D eigenvalue weighted by Gasteiger charge is -2.33. The van der Waals surface area contributed by atoms with E-state index in [1.54, 1.807) is 0 Å². The minimum absolute atomic E-state index is 0. The van der Waals surface area contributed by atoms with E-state index in [0.29, 0.717) is 0 Å². The summed E-state index contributed by atoms with van der Waals surface area (Å²) in [4.78, 5) is 10.3. The van der Waals surface area contributed by atoms with Crippen LogP contribution in [0.3, 0.4) is 0 Å². The first-order chi connectivity index (χ1) is 5.12. The molecule has 0 bridgehead atoms. The zero-order chi connectivity index (χ0) is 8.32. The average Bonchev–Trinajstić information content (AvgIpc) is 1.85. The van der Waals surface area contributed by atoms with Crippen molar-refractivity contribution in [1.29, 1.82) is 0 Å². The summed E-state index contributed by atoms with van der Waals surface area (Å²) in [7, 11) is 0. The van der Waals surface area contributed by atoms with Gasteiger partial charge >= 0.3 is 6.09 Å². The Morgan fingerprint density at radius 2 is 2.00 bits per heavy atom. The van der Waals surface area contributed by atoms with Crippen molar-refractivity contribution >= 4 is 18.5 Å². The first-order valence-electron chi connectivity index (χ1n) is 3.84. The van der Waals surface area contributed by atoms with E-state index < -0.39 is 6.09 Å². The lowest BCUT2D eigenvalue weighted by molar-refractivity contribution is 0.170. The van der Waals surface area contributed by atoms with Crippen molar-refractivity contribution in [1.82, 2.24) is 10.6 Å². The van der Waals surface area contributed by atoms with E-state index in [2.05, 4.69) is 10.6 Å². The van der Waals surface area contributed by atoms with Gasteiger partial charge in [0.05, 0.1) is 0 Å². The maximum absolute atomic E-state index is 10.3. The highest BCUT2D eigenvalue weighted by atomic mass is 35.5. The second-order valence-electron chi connectivity index (χ2n) is 3.24. The van der Waals surface area contributed by atoms with Crippen LogP contribution >= 0.6 is 12.4 Å². The van der Waals surface area contributed by atoms with Crippen LogP contribution in [0.4, 0.5) is 4.79 Å². The molecule has 0 saturated carbocycles. The third-order valence-electron chi connectivity index (χ3n) is 2.12. The Hall–Kier alpha value is -0.480. The lowest BCUT2D eigenvalue weighted by atomic mass is 9.91. The Kier molecular flexibility index (Phi) is 4.34. The summed E-state index contributed by atoms with van der Waals surface area (Å²) in [5, 5.41) is 14.2. The van der Waals surface area contributed by atoms with Crippen molar-refractivity contribution in [3.63, 3.8) is 0 Å². The minimum Gasteiger partial charge on any atom is -0.465 e. The van der Waals surface area contributed by atoms with Gasteiger partial charge in [0.15, 0.2) is 0 Å². The molecule has 0 radical (unpaired) electrons. The molecule has 1 aliphatic rings. The van der Waals surface area contributed by atoms with Crippen molar-refractivity contribution < 1.29 is 9.90 Å². The van der Waals surface area contributed by atoms with Crippen LogP contribution in [-0.4, -0.2) is 29.8 Å². The van der Waals surface area contributed by atoms with Gasteiger partial charge in [0, 0.05) is 5.54 Å². The SMILES string of the molecule is CC1(NC(=O)O)CCNCC1.Cl. The van der Waals surface area contributed by atoms with Gasteiger partial charge in [-0.05, 0) is 32.9 Å². The maximum atomic E-state index is 10.3. The van der Waals surface area contributed by atoms with Crippen molar-refractivity contribution in [3.05, 3.63) is 0 Å². The highest BCUT2D eigenvalue weighted by Gasteiger charge is 2.27. The van der Waals surface area contributed by atoms with Crippen molar-refractivity contribution in [2.24, 2.45) is 0 Å². The van der Waals surface area contributed by atoms with E-state index in [1.165, 1.54) is 0 Å². The molecular weight excluding hydrogens is 180 g/mol. The number of carbonyl (C=O) groups is 1. The Balaban J connectivity index is 0.00000121. The van der Waals surface area contributed by atoms with Crippen LogP contribution in [-0.2, 0) is 0 Å². The van der Waals surface area contributed by atoms with E-state index >= 15 is 0 Å². The summed E-state index contributed by atoms with van der Waals surface area (Å²) in [6.07, 6.45) is 0.827. The van der Waals surface area contributed by atoms with Crippen LogP contribution < -0.4 is 10.6 Å². The Bertz CT molecular complexity index is 157. The summed E-state index contributed by atoms with van der Waals surface area (Å²) in [6.45, 7) is 3.75. The van der Waals surface area contributed by atoms with Crippen molar-refractivity contribution in [2.75, 3.05) is 13.1 Å². The van der Waals surface area contributed by atoms with Gasteiger partial charge in [-0.15, -0.1) is 12.4 Å². The molecule has 3 N–H and O–H groups in total. The summed E-state index contributed by atoms with van der Waals surface area (Å²) in [5.41, 5.74) is -0.211. The highest BCUT2D eigenvalue weighted by molar-refractivity contribution is 5.85. The molecule has 12 heavy (non-hydrogen) atoms. The third-order valence-corrected chi connectivity index (χ3v) is 2.12. The molecule has 0 spiro atoms. The standard InChI is InChI=1S/C7H14N2O2.ClH/c1-7(9-6(10)11)2-4-8-5-3-7;/h8-9H,2-5H2,1H3,(H,10,11);1H. The number of halogens is 1. The smallest absolute Gasteiger partial charge is 0.405 e. The molecule has 1 rings (SSSR count). The molecule has 0 atom stereocenters. The molecule has 0 aliphatic carbocycles. The van der Waals surface area contributed by atoms with Crippen LogP contribution in [0.5, 0.6) is 0 Å². The Labute approximate surface area is 78.1 Å². The van der Waals surface area contributed by atoms with Gasteiger partial charge in [-0.2, -0.15) is 0 Å². The molecule has 4 nitrogen and oxygen atoms in total. The molecule has 1 aliphatic heterocycles. The normalized spacial score (nSPS) is 20.8. The van der Waals surface area contributed by atoms with Crippen LogP contribution in [0, 0.1) is 0 Å². The van der Waals surface area contributed by atoms with E-state index in [9.17, 15) is 4.79 Å². The fourth-order valence-corrected chi connectivity index (χ4v) is 1.36. The van der Waals surface area contributed by atoms with Gasteiger partial charge in [-0.25, -0.2) is 4.79 Å². The van der Waals surface area contributed by atoms with Gasteiger partial charge in [0.25, 0.3) is 0 Å². The first-order valence-corrected chi connectivity index (χ1v) is 3.84. The van der Waals surface area contributed by atoms with Gasteiger partial charge in [0.2, 0.25) is 0 Å². The van der Waals surface area contributed by atoms with Gasteiger partial charge in [-0.1, -0.05) is 0 Å². The number of carboxylic acid groups (broad SMARTS) is 1. The summed E-state index contributed by atoms with van der Waals surface area (Å²) < 4.78 is 0. The van der Waals surface area contributed by atoms with E-state index in [4.69, 9.17) is 5.11 Å². The van der Waals surface area contributed by atoms with Crippen LogP contribution in [0.2, 0.25) is 0 Å². The molecule has 0 aromatic carbocycles. The number of nitrogens with one attached hydrogen (secondary N) is 2. The molecule has 1 heterocycles. The summed E-state index contributed by atoms with van der Waals surface area (Å²) in [6, 6.07) is 0. The molecule has 1 amide bonds. The zero-order valence-electron chi connectivity index (χ0n) is 7.09. The fourth-order valence-electron chi connectivity index (χ4n) is 1.36.